The molecule has 0 saturated heterocycles. The topological polar surface area (TPSA) is 44.5 Å². The molecule has 1 rings (SSSR count). The average molecular weight is 221 g/mol. The van der Waals surface area contributed by atoms with E-state index in [1.54, 1.807) is 6.08 Å². The smallest absolute Gasteiger partial charge is 0.162 e. The maximum atomic E-state index is 5.66. The van der Waals surface area contributed by atoms with Gasteiger partial charge in [-0.25, -0.2) is 0 Å². The molecule has 16 heavy (non-hydrogen) atoms. The Kier molecular flexibility index (Phi) is 4.86. The summed E-state index contributed by atoms with van der Waals surface area (Å²) in [7, 11) is 0. The van der Waals surface area contributed by atoms with E-state index >= 15 is 0 Å². The van der Waals surface area contributed by atoms with Crippen molar-refractivity contribution >= 4 is 0 Å². The Morgan fingerprint density at radius 2 is 2.19 bits per heavy atom. The summed E-state index contributed by atoms with van der Waals surface area (Å²) in [5.74, 6) is 1.46. The first-order valence-electron chi connectivity index (χ1n) is 5.46. The number of hydrogen-bond acceptors (Lipinski definition) is 3. The molecule has 2 N–H and O–H groups in total. The molecule has 1 atom stereocenters. The van der Waals surface area contributed by atoms with E-state index in [1.165, 1.54) is 0 Å². The maximum Gasteiger partial charge on any atom is 0.162 e. The van der Waals surface area contributed by atoms with Crippen LogP contribution in [0.15, 0.2) is 30.9 Å². The molecule has 0 amide bonds. The average Bonchev–Trinajstić information content (AvgIpc) is 2.31. The molecule has 0 spiro atoms. The van der Waals surface area contributed by atoms with Crippen molar-refractivity contribution in [2.24, 2.45) is 5.73 Å². The lowest BCUT2D eigenvalue weighted by Crippen LogP contribution is -2.09. The highest BCUT2D eigenvalue weighted by Crippen LogP contribution is 2.29. The van der Waals surface area contributed by atoms with Crippen molar-refractivity contribution in [1.82, 2.24) is 0 Å². The first-order valence-corrected chi connectivity index (χ1v) is 5.46. The van der Waals surface area contributed by atoms with Crippen LogP contribution in [0, 0.1) is 0 Å². The van der Waals surface area contributed by atoms with Gasteiger partial charge in [-0.15, -0.1) is 0 Å². The lowest BCUT2D eigenvalue weighted by atomic mass is 10.2. The summed E-state index contributed by atoms with van der Waals surface area (Å²) in [6, 6.07) is 5.73. The Morgan fingerprint density at radius 3 is 2.75 bits per heavy atom. The summed E-state index contributed by atoms with van der Waals surface area (Å²) < 4.78 is 11.2. The van der Waals surface area contributed by atoms with Crippen molar-refractivity contribution in [3.63, 3.8) is 0 Å². The maximum absolute atomic E-state index is 5.66. The molecule has 0 radical (unpaired) electrons. The molecule has 0 aromatic heterocycles. The molecule has 3 heteroatoms. The van der Waals surface area contributed by atoms with E-state index in [1.807, 2.05) is 32.0 Å². The van der Waals surface area contributed by atoms with Crippen LogP contribution in [-0.4, -0.2) is 12.7 Å². The summed E-state index contributed by atoms with van der Waals surface area (Å²) in [5.41, 5.74) is 6.61. The van der Waals surface area contributed by atoms with E-state index in [9.17, 15) is 0 Å². The second-order valence-electron chi connectivity index (χ2n) is 3.48. The van der Waals surface area contributed by atoms with Gasteiger partial charge in [0.2, 0.25) is 0 Å². The van der Waals surface area contributed by atoms with Gasteiger partial charge in [0.25, 0.3) is 0 Å². The van der Waals surface area contributed by atoms with Crippen LogP contribution in [0.25, 0.3) is 0 Å². The summed E-state index contributed by atoms with van der Waals surface area (Å²) in [4.78, 5) is 0. The number of hydrogen-bond donors (Lipinski definition) is 1. The van der Waals surface area contributed by atoms with E-state index in [4.69, 9.17) is 15.2 Å². The molecule has 0 fully saturated rings. The van der Waals surface area contributed by atoms with Gasteiger partial charge in [-0.1, -0.05) is 18.7 Å². The second kappa shape index (κ2) is 6.18. The molecule has 1 aromatic carbocycles. The van der Waals surface area contributed by atoms with E-state index < -0.39 is 0 Å². The first kappa shape index (κ1) is 12.6. The van der Waals surface area contributed by atoms with Crippen LogP contribution in [0.4, 0.5) is 0 Å². The molecule has 0 heterocycles. The summed E-state index contributed by atoms with van der Waals surface area (Å²) in [6.07, 6.45) is 1.70. The molecule has 1 unspecified atom stereocenters. The van der Waals surface area contributed by atoms with Gasteiger partial charge in [0, 0.05) is 6.54 Å². The Morgan fingerprint density at radius 1 is 1.44 bits per heavy atom. The van der Waals surface area contributed by atoms with E-state index in [0.717, 1.165) is 17.1 Å². The minimum atomic E-state index is -0.0390. The summed E-state index contributed by atoms with van der Waals surface area (Å²) in [6.45, 7) is 8.65. The van der Waals surface area contributed by atoms with Gasteiger partial charge in [-0.2, -0.15) is 0 Å². The largest absolute Gasteiger partial charge is 0.490 e. The predicted molar refractivity (Wildman–Crippen MR) is 65.8 cm³/mol. The summed E-state index contributed by atoms with van der Waals surface area (Å²) in [5, 5.41) is 0. The minimum Gasteiger partial charge on any atom is -0.490 e. The predicted octanol–water partition coefficient (Wildman–Crippen LogP) is 2.50. The van der Waals surface area contributed by atoms with E-state index in [0.29, 0.717) is 13.2 Å². The Labute approximate surface area is 96.9 Å². The van der Waals surface area contributed by atoms with Crippen molar-refractivity contribution in [2.45, 2.75) is 26.5 Å². The van der Waals surface area contributed by atoms with Gasteiger partial charge >= 0.3 is 0 Å². The van der Waals surface area contributed by atoms with Gasteiger partial charge < -0.3 is 15.2 Å². The van der Waals surface area contributed by atoms with Gasteiger partial charge in [0.1, 0.15) is 6.10 Å². The van der Waals surface area contributed by atoms with Crippen LogP contribution in [0.2, 0.25) is 0 Å². The fourth-order valence-electron chi connectivity index (χ4n) is 1.29. The number of nitrogens with two attached hydrogens (primary N) is 1. The van der Waals surface area contributed by atoms with Crippen molar-refractivity contribution in [2.75, 3.05) is 6.61 Å². The zero-order valence-electron chi connectivity index (χ0n) is 9.90. The SMILES string of the molecule is C=CC(C)Oc1ccc(CN)cc1OCC. The van der Waals surface area contributed by atoms with Gasteiger partial charge in [0.05, 0.1) is 6.61 Å². The monoisotopic (exact) mass is 221 g/mol. The number of benzene rings is 1. The molecule has 0 aliphatic heterocycles. The molecule has 3 nitrogen and oxygen atoms in total. The van der Waals surface area contributed by atoms with Crippen LogP contribution in [0.3, 0.4) is 0 Å². The number of ether oxygens (including phenoxy) is 2. The fourth-order valence-corrected chi connectivity index (χ4v) is 1.29. The zero-order valence-corrected chi connectivity index (χ0v) is 9.90. The molecule has 0 saturated carbocycles. The lowest BCUT2D eigenvalue weighted by Gasteiger charge is -2.15. The highest BCUT2D eigenvalue weighted by molar-refractivity contribution is 5.43. The van der Waals surface area contributed by atoms with E-state index in [-0.39, 0.29) is 6.10 Å². The highest BCUT2D eigenvalue weighted by atomic mass is 16.5. The molecular weight excluding hydrogens is 202 g/mol. The van der Waals surface area contributed by atoms with Crippen molar-refractivity contribution in [3.8, 4) is 11.5 Å². The second-order valence-corrected chi connectivity index (χ2v) is 3.48. The fraction of sp³-hybridized carbons (Fsp3) is 0.385. The van der Waals surface area contributed by atoms with Crippen molar-refractivity contribution in [1.29, 1.82) is 0 Å². The molecule has 0 aliphatic rings. The third-order valence-electron chi connectivity index (χ3n) is 2.19. The number of rotatable bonds is 6. The Balaban J connectivity index is 2.92. The quantitative estimate of drug-likeness (QED) is 0.751. The summed E-state index contributed by atoms with van der Waals surface area (Å²) >= 11 is 0. The molecular formula is C13H19NO2. The molecule has 0 aliphatic carbocycles. The van der Waals surface area contributed by atoms with Crippen molar-refractivity contribution < 1.29 is 9.47 Å². The van der Waals surface area contributed by atoms with Crippen LogP contribution >= 0.6 is 0 Å². The van der Waals surface area contributed by atoms with Crippen LogP contribution < -0.4 is 15.2 Å². The third-order valence-corrected chi connectivity index (χ3v) is 2.19. The Bertz CT molecular complexity index is 350. The Hall–Kier alpha value is -1.48. The molecule has 88 valence electrons. The van der Waals surface area contributed by atoms with Gasteiger partial charge in [0.15, 0.2) is 11.5 Å². The highest BCUT2D eigenvalue weighted by Gasteiger charge is 2.08. The van der Waals surface area contributed by atoms with Crippen LogP contribution in [0.5, 0.6) is 11.5 Å². The zero-order chi connectivity index (χ0) is 12.0. The van der Waals surface area contributed by atoms with Crippen LogP contribution in [-0.2, 0) is 6.54 Å². The van der Waals surface area contributed by atoms with E-state index in [2.05, 4.69) is 6.58 Å². The standard InChI is InChI=1S/C13H19NO2/c1-4-10(3)16-12-7-6-11(9-14)8-13(12)15-5-2/h4,6-8,10H,1,5,9,14H2,2-3H3. The lowest BCUT2D eigenvalue weighted by molar-refractivity contribution is 0.245. The molecule has 0 bridgehead atoms. The molecule has 1 aromatic rings. The van der Waals surface area contributed by atoms with Crippen molar-refractivity contribution in [3.05, 3.63) is 36.4 Å². The van der Waals surface area contributed by atoms with Gasteiger partial charge in [-0.3, -0.25) is 0 Å². The first-order chi connectivity index (χ1) is 7.71. The minimum absolute atomic E-state index is 0.0390. The third kappa shape index (κ3) is 3.28. The normalized spacial score (nSPS) is 11.9. The van der Waals surface area contributed by atoms with Crippen LogP contribution in [0.1, 0.15) is 19.4 Å². The van der Waals surface area contributed by atoms with Gasteiger partial charge in [-0.05, 0) is 31.5 Å².